The first-order valence-corrected chi connectivity index (χ1v) is 8.98. The largest absolute Gasteiger partial charge is 0.444 e. The normalized spacial score (nSPS) is 19.0. The Morgan fingerprint density at radius 2 is 2.27 bits per heavy atom. The van der Waals surface area contributed by atoms with Crippen LogP contribution in [0, 0.1) is 5.92 Å². The van der Waals surface area contributed by atoms with Gasteiger partial charge in [-0.05, 0) is 51.1 Å². The fraction of sp³-hybridized carbons (Fsp3) is 0.706. The molecule has 2 rings (SSSR count). The number of ether oxygens (including phenoxy) is 1. The van der Waals surface area contributed by atoms with Gasteiger partial charge >= 0.3 is 6.09 Å². The smallest absolute Gasteiger partial charge is 0.410 e. The second-order valence-corrected chi connectivity index (χ2v) is 8.02. The van der Waals surface area contributed by atoms with Gasteiger partial charge in [0.1, 0.15) is 5.60 Å². The number of hydrogen-bond donors (Lipinski definition) is 0. The molecule has 0 bridgehead atoms. The molecular formula is C17H28N2O2S. The van der Waals surface area contributed by atoms with Crippen molar-refractivity contribution in [3.8, 4) is 0 Å². The third-order valence-corrected chi connectivity index (χ3v) is 4.72. The molecular weight excluding hydrogens is 296 g/mol. The zero-order valence-electron chi connectivity index (χ0n) is 14.2. The van der Waals surface area contributed by atoms with Gasteiger partial charge in [0, 0.05) is 31.1 Å². The quantitative estimate of drug-likeness (QED) is 0.825. The van der Waals surface area contributed by atoms with Crippen molar-refractivity contribution in [1.29, 1.82) is 0 Å². The van der Waals surface area contributed by atoms with Crippen LogP contribution >= 0.6 is 11.3 Å². The summed E-state index contributed by atoms with van der Waals surface area (Å²) in [6.45, 7) is 12.7. The van der Waals surface area contributed by atoms with Crippen molar-refractivity contribution in [2.75, 3.05) is 26.2 Å². The molecule has 0 spiro atoms. The van der Waals surface area contributed by atoms with E-state index in [1.165, 1.54) is 4.88 Å². The van der Waals surface area contributed by atoms with Gasteiger partial charge in [0.05, 0.1) is 0 Å². The first-order valence-electron chi connectivity index (χ1n) is 8.10. The first-order chi connectivity index (χ1) is 10.4. The van der Waals surface area contributed by atoms with Crippen molar-refractivity contribution in [3.05, 3.63) is 22.4 Å². The van der Waals surface area contributed by atoms with Crippen LogP contribution in [-0.4, -0.2) is 47.7 Å². The molecule has 5 heteroatoms. The number of thiophene rings is 1. The molecule has 0 unspecified atom stereocenters. The van der Waals surface area contributed by atoms with Gasteiger partial charge in [-0.2, -0.15) is 0 Å². The molecule has 1 fully saturated rings. The molecule has 0 aliphatic carbocycles. The summed E-state index contributed by atoms with van der Waals surface area (Å²) in [5.74, 6) is 0.549. The summed E-state index contributed by atoms with van der Waals surface area (Å²) < 4.78 is 5.46. The Balaban J connectivity index is 1.80. The van der Waals surface area contributed by atoms with E-state index in [2.05, 4.69) is 29.3 Å². The molecule has 1 aromatic rings. The molecule has 1 saturated heterocycles. The third-order valence-electron chi connectivity index (χ3n) is 3.86. The first kappa shape index (κ1) is 17.3. The van der Waals surface area contributed by atoms with Gasteiger partial charge in [-0.15, -0.1) is 11.3 Å². The molecule has 1 aliphatic rings. The Labute approximate surface area is 138 Å². The van der Waals surface area contributed by atoms with Crippen LogP contribution in [0.5, 0.6) is 0 Å². The lowest BCUT2D eigenvalue weighted by Gasteiger charge is -2.26. The maximum atomic E-state index is 12.1. The number of likely N-dealkylation sites (tertiary alicyclic amines) is 1. The molecule has 1 aromatic heterocycles. The van der Waals surface area contributed by atoms with Gasteiger partial charge < -0.3 is 9.64 Å². The molecule has 1 amide bonds. The van der Waals surface area contributed by atoms with E-state index < -0.39 is 5.60 Å². The van der Waals surface area contributed by atoms with Crippen LogP contribution in [0.4, 0.5) is 4.79 Å². The van der Waals surface area contributed by atoms with Crippen molar-refractivity contribution in [3.63, 3.8) is 0 Å². The minimum Gasteiger partial charge on any atom is -0.444 e. The summed E-state index contributed by atoms with van der Waals surface area (Å²) >= 11 is 1.81. The Bertz CT molecular complexity index is 468. The van der Waals surface area contributed by atoms with Gasteiger partial charge in [0.25, 0.3) is 0 Å². The SMILES string of the molecule is CCN(Cc1cccs1)C[C@@H]1CCN(C(=O)OC(C)(C)C)C1. The summed E-state index contributed by atoms with van der Waals surface area (Å²) in [7, 11) is 0. The number of rotatable bonds is 5. The van der Waals surface area contributed by atoms with Crippen LogP contribution in [0.1, 0.15) is 39.0 Å². The van der Waals surface area contributed by atoms with Crippen LogP contribution < -0.4 is 0 Å². The van der Waals surface area contributed by atoms with Gasteiger partial charge in [-0.25, -0.2) is 4.79 Å². The third kappa shape index (κ3) is 5.29. The number of carbonyl (C=O) groups is 1. The molecule has 0 radical (unpaired) electrons. The average Bonchev–Trinajstić information content (AvgIpc) is 3.07. The summed E-state index contributed by atoms with van der Waals surface area (Å²) in [6, 6.07) is 4.29. The van der Waals surface area contributed by atoms with Crippen molar-refractivity contribution >= 4 is 17.4 Å². The lowest BCUT2D eigenvalue weighted by atomic mass is 10.1. The molecule has 1 atom stereocenters. The minimum absolute atomic E-state index is 0.170. The van der Waals surface area contributed by atoms with Crippen LogP contribution in [0.2, 0.25) is 0 Å². The van der Waals surface area contributed by atoms with E-state index >= 15 is 0 Å². The zero-order valence-corrected chi connectivity index (χ0v) is 15.0. The van der Waals surface area contributed by atoms with Crippen LogP contribution in [-0.2, 0) is 11.3 Å². The number of amides is 1. The van der Waals surface area contributed by atoms with Crippen molar-refractivity contribution in [2.45, 2.75) is 46.3 Å². The van der Waals surface area contributed by atoms with E-state index in [1.807, 2.05) is 37.0 Å². The van der Waals surface area contributed by atoms with E-state index in [0.29, 0.717) is 5.92 Å². The molecule has 0 N–H and O–H groups in total. The summed E-state index contributed by atoms with van der Waals surface area (Å²) in [5, 5.41) is 2.13. The summed E-state index contributed by atoms with van der Waals surface area (Å²) in [6.07, 6.45) is 0.900. The van der Waals surface area contributed by atoms with Crippen LogP contribution in [0.15, 0.2) is 17.5 Å². The predicted molar refractivity (Wildman–Crippen MR) is 91.2 cm³/mol. The van der Waals surface area contributed by atoms with Gasteiger partial charge in [0.2, 0.25) is 0 Å². The van der Waals surface area contributed by atoms with E-state index in [-0.39, 0.29) is 6.09 Å². The average molecular weight is 324 g/mol. The van der Waals surface area contributed by atoms with Crippen molar-refractivity contribution in [2.24, 2.45) is 5.92 Å². The van der Waals surface area contributed by atoms with E-state index in [0.717, 1.165) is 39.1 Å². The van der Waals surface area contributed by atoms with Gasteiger partial charge in [-0.1, -0.05) is 13.0 Å². The van der Waals surface area contributed by atoms with Gasteiger partial charge in [0.15, 0.2) is 0 Å². The number of carbonyl (C=O) groups excluding carboxylic acids is 1. The van der Waals surface area contributed by atoms with Gasteiger partial charge in [-0.3, -0.25) is 4.90 Å². The molecule has 2 heterocycles. The highest BCUT2D eigenvalue weighted by Gasteiger charge is 2.30. The Morgan fingerprint density at radius 3 is 2.86 bits per heavy atom. The maximum Gasteiger partial charge on any atom is 0.410 e. The summed E-state index contributed by atoms with van der Waals surface area (Å²) in [4.78, 5) is 17.8. The Hall–Kier alpha value is -1.07. The zero-order chi connectivity index (χ0) is 16.2. The van der Waals surface area contributed by atoms with Crippen LogP contribution in [0.25, 0.3) is 0 Å². The lowest BCUT2D eigenvalue weighted by molar-refractivity contribution is 0.0285. The molecule has 22 heavy (non-hydrogen) atoms. The topological polar surface area (TPSA) is 32.8 Å². The molecule has 0 saturated carbocycles. The summed E-state index contributed by atoms with van der Waals surface area (Å²) in [5.41, 5.74) is -0.413. The Kier molecular flexibility index (Phi) is 5.87. The van der Waals surface area contributed by atoms with E-state index in [4.69, 9.17) is 4.74 Å². The van der Waals surface area contributed by atoms with Crippen molar-refractivity contribution in [1.82, 2.24) is 9.80 Å². The fourth-order valence-corrected chi connectivity index (χ4v) is 3.51. The highest BCUT2D eigenvalue weighted by Crippen LogP contribution is 2.21. The predicted octanol–water partition coefficient (Wildman–Crippen LogP) is 3.83. The highest BCUT2D eigenvalue weighted by atomic mass is 32.1. The Morgan fingerprint density at radius 1 is 1.50 bits per heavy atom. The standard InChI is InChI=1S/C17H28N2O2S/c1-5-18(13-15-7-6-10-22-15)11-14-8-9-19(12-14)16(20)21-17(2,3)4/h6-7,10,14H,5,8-9,11-13H2,1-4H3/t14-/m0/s1. The number of nitrogens with zero attached hydrogens (tertiary/aromatic N) is 2. The molecule has 4 nitrogen and oxygen atoms in total. The molecule has 0 aromatic carbocycles. The van der Waals surface area contributed by atoms with E-state index in [9.17, 15) is 4.79 Å². The van der Waals surface area contributed by atoms with E-state index in [1.54, 1.807) is 0 Å². The second kappa shape index (κ2) is 7.47. The highest BCUT2D eigenvalue weighted by molar-refractivity contribution is 7.09. The van der Waals surface area contributed by atoms with Crippen molar-refractivity contribution < 1.29 is 9.53 Å². The minimum atomic E-state index is -0.413. The monoisotopic (exact) mass is 324 g/mol. The molecule has 1 aliphatic heterocycles. The second-order valence-electron chi connectivity index (χ2n) is 6.99. The fourth-order valence-electron chi connectivity index (χ4n) is 2.77. The van der Waals surface area contributed by atoms with Crippen LogP contribution in [0.3, 0.4) is 0 Å². The maximum absolute atomic E-state index is 12.1. The lowest BCUT2D eigenvalue weighted by Crippen LogP contribution is -2.36. The molecule has 124 valence electrons. The number of hydrogen-bond acceptors (Lipinski definition) is 4.